The summed E-state index contributed by atoms with van der Waals surface area (Å²) < 4.78 is 6.90. The summed E-state index contributed by atoms with van der Waals surface area (Å²) in [6, 6.07) is 16.6. The molecule has 0 radical (unpaired) electrons. The van der Waals surface area contributed by atoms with Crippen molar-refractivity contribution in [2.45, 2.75) is 24.8 Å². The Kier molecular flexibility index (Phi) is 6.85. The fourth-order valence-corrected chi connectivity index (χ4v) is 5.26. The van der Waals surface area contributed by atoms with Crippen molar-refractivity contribution in [2.75, 3.05) is 12.4 Å². The molecule has 2 aromatic carbocycles. The van der Waals surface area contributed by atoms with Crippen molar-refractivity contribution in [3.8, 4) is 16.9 Å². The van der Waals surface area contributed by atoms with Gasteiger partial charge in [0, 0.05) is 15.4 Å². The molecular weight excluding hydrogens is 464 g/mol. The van der Waals surface area contributed by atoms with Crippen LogP contribution in [0.5, 0.6) is 5.75 Å². The first-order chi connectivity index (χ1) is 14.2. The van der Waals surface area contributed by atoms with Gasteiger partial charge in [-0.15, -0.1) is 23.1 Å². The van der Waals surface area contributed by atoms with Gasteiger partial charge in [-0.25, -0.2) is 9.97 Å². The molecule has 4 aromatic rings. The van der Waals surface area contributed by atoms with E-state index in [1.807, 2.05) is 12.1 Å². The standard InChI is InChI=1S/C23H21BrN2OS2/c1-16-4-10-19(11-5-16)27-12-2-3-13-28-22-21-20(14-29-23(21)26-15-25-22)17-6-8-18(24)9-7-17/h4-11,14-15H,2-3,12-13H2,1H3. The van der Waals surface area contributed by atoms with Crippen LogP contribution in [-0.4, -0.2) is 22.3 Å². The second-order valence-electron chi connectivity index (χ2n) is 6.73. The smallest absolute Gasteiger partial charge is 0.128 e. The SMILES string of the molecule is Cc1ccc(OCCCCSc2ncnc3scc(-c4ccc(Br)cc4)c23)cc1. The fourth-order valence-electron chi connectivity index (χ4n) is 3.00. The number of benzene rings is 2. The molecule has 0 unspecified atom stereocenters. The second kappa shape index (κ2) is 9.74. The van der Waals surface area contributed by atoms with E-state index < -0.39 is 0 Å². The number of thioether (sulfide) groups is 1. The number of hydrogen-bond acceptors (Lipinski definition) is 5. The van der Waals surface area contributed by atoms with Crippen molar-refractivity contribution in [1.82, 2.24) is 9.97 Å². The monoisotopic (exact) mass is 484 g/mol. The van der Waals surface area contributed by atoms with Gasteiger partial charge in [0.05, 0.1) is 12.0 Å². The van der Waals surface area contributed by atoms with Crippen molar-refractivity contribution >= 4 is 49.2 Å². The maximum Gasteiger partial charge on any atom is 0.128 e. The van der Waals surface area contributed by atoms with Crippen LogP contribution in [-0.2, 0) is 0 Å². The number of hydrogen-bond donors (Lipinski definition) is 0. The molecule has 0 fully saturated rings. The highest BCUT2D eigenvalue weighted by Gasteiger charge is 2.13. The van der Waals surface area contributed by atoms with E-state index in [0.717, 1.165) is 45.3 Å². The van der Waals surface area contributed by atoms with E-state index in [0.29, 0.717) is 0 Å². The lowest BCUT2D eigenvalue weighted by atomic mass is 10.1. The first kappa shape index (κ1) is 20.4. The van der Waals surface area contributed by atoms with Crippen LogP contribution in [0.3, 0.4) is 0 Å². The number of aromatic nitrogens is 2. The molecule has 2 heterocycles. The fraction of sp³-hybridized carbons (Fsp3) is 0.217. The average molecular weight is 485 g/mol. The molecule has 0 aliphatic carbocycles. The minimum Gasteiger partial charge on any atom is -0.494 e. The number of fused-ring (bicyclic) bond motifs is 1. The third kappa shape index (κ3) is 5.18. The van der Waals surface area contributed by atoms with E-state index in [9.17, 15) is 0 Å². The predicted molar refractivity (Wildman–Crippen MR) is 127 cm³/mol. The van der Waals surface area contributed by atoms with Gasteiger partial charge in [0.25, 0.3) is 0 Å². The Morgan fingerprint density at radius 2 is 1.79 bits per heavy atom. The van der Waals surface area contributed by atoms with Crippen LogP contribution in [0.2, 0.25) is 0 Å². The normalized spacial score (nSPS) is 11.1. The lowest BCUT2D eigenvalue weighted by Gasteiger charge is -2.07. The average Bonchev–Trinajstić information content (AvgIpc) is 3.17. The minimum atomic E-state index is 0.741. The molecule has 3 nitrogen and oxygen atoms in total. The maximum atomic E-state index is 5.82. The second-order valence-corrected chi connectivity index (χ2v) is 9.59. The Morgan fingerprint density at radius 3 is 2.59 bits per heavy atom. The highest BCUT2D eigenvalue weighted by Crippen LogP contribution is 2.38. The van der Waals surface area contributed by atoms with Crippen molar-refractivity contribution in [3.63, 3.8) is 0 Å². The number of ether oxygens (including phenoxy) is 1. The maximum absolute atomic E-state index is 5.82. The van der Waals surface area contributed by atoms with Gasteiger partial charge < -0.3 is 4.74 Å². The zero-order chi connectivity index (χ0) is 20.1. The van der Waals surface area contributed by atoms with Gasteiger partial charge in [-0.1, -0.05) is 45.8 Å². The zero-order valence-corrected chi connectivity index (χ0v) is 19.3. The molecule has 0 saturated carbocycles. The van der Waals surface area contributed by atoms with Crippen molar-refractivity contribution < 1.29 is 4.74 Å². The van der Waals surface area contributed by atoms with Crippen LogP contribution in [0.1, 0.15) is 18.4 Å². The third-order valence-electron chi connectivity index (χ3n) is 4.56. The predicted octanol–water partition coefficient (Wildman–Crippen LogP) is 7.38. The molecule has 0 spiro atoms. The molecule has 2 aromatic heterocycles. The summed E-state index contributed by atoms with van der Waals surface area (Å²) >= 11 is 6.99. The summed E-state index contributed by atoms with van der Waals surface area (Å²) in [4.78, 5) is 10.1. The highest BCUT2D eigenvalue weighted by molar-refractivity contribution is 9.10. The van der Waals surface area contributed by atoms with Crippen LogP contribution >= 0.6 is 39.0 Å². The Morgan fingerprint density at radius 1 is 1.00 bits per heavy atom. The van der Waals surface area contributed by atoms with Crippen LogP contribution in [0.25, 0.3) is 21.3 Å². The summed E-state index contributed by atoms with van der Waals surface area (Å²) in [6.07, 6.45) is 3.78. The van der Waals surface area contributed by atoms with E-state index >= 15 is 0 Å². The van der Waals surface area contributed by atoms with Crippen LogP contribution in [0, 0.1) is 6.92 Å². The molecule has 0 bridgehead atoms. The Labute approximate surface area is 187 Å². The number of halogens is 1. The van der Waals surface area contributed by atoms with E-state index in [-0.39, 0.29) is 0 Å². The van der Waals surface area contributed by atoms with Crippen molar-refractivity contribution in [2.24, 2.45) is 0 Å². The Balaban J connectivity index is 1.36. The zero-order valence-electron chi connectivity index (χ0n) is 16.1. The molecule has 0 saturated heterocycles. The molecule has 148 valence electrons. The van der Waals surface area contributed by atoms with Gasteiger partial charge in [0.15, 0.2) is 0 Å². The van der Waals surface area contributed by atoms with Gasteiger partial charge in [-0.2, -0.15) is 0 Å². The summed E-state index contributed by atoms with van der Waals surface area (Å²) in [5.41, 5.74) is 3.66. The molecule has 0 atom stereocenters. The van der Waals surface area contributed by atoms with E-state index in [2.05, 4.69) is 74.6 Å². The Hall–Kier alpha value is -1.89. The van der Waals surface area contributed by atoms with Gasteiger partial charge in [-0.3, -0.25) is 0 Å². The number of thiophene rings is 1. The Bertz CT molecular complexity index is 1080. The van der Waals surface area contributed by atoms with Gasteiger partial charge in [-0.05, 0) is 55.3 Å². The van der Waals surface area contributed by atoms with Crippen LogP contribution in [0.15, 0.2) is 69.7 Å². The lowest BCUT2D eigenvalue weighted by molar-refractivity contribution is 0.310. The molecule has 6 heteroatoms. The highest BCUT2D eigenvalue weighted by atomic mass is 79.9. The summed E-state index contributed by atoms with van der Waals surface area (Å²) in [5.74, 6) is 1.96. The first-order valence-electron chi connectivity index (χ1n) is 9.51. The molecule has 0 aliphatic rings. The van der Waals surface area contributed by atoms with E-state index in [4.69, 9.17) is 4.74 Å². The molecule has 0 amide bonds. The van der Waals surface area contributed by atoms with Gasteiger partial charge in [0.1, 0.15) is 21.9 Å². The lowest BCUT2D eigenvalue weighted by Crippen LogP contribution is -1.98. The van der Waals surface area contributed by atoms with E-state index in [1.165, 1.54) is 22.1 Å². The third-order valence-corrected chi connectivity index (χ3v) is 7.05. The number of unbranched alkanes of at least 4 members (excludes halogenated alkanes) is 1. The first-order valence-corrected chi connectivity index (χ1v) is 12.2. The van der Waals surface area contributed by atoms with Crippen LogP contribution < -0.4 is 4.74 Å². The number of aryl methyl sites for hydroxylation is 1. The molecule has 0 N–H and O–H groups in total. The van der Waals surface area contributed by atoms with Crippen molar-refractivity contribution in [3.05, 3.63) is 70.3 Å². The molecule has 29 heavy (non-hydrogen) atoms. The molecule has 4 rings (SSSR count). The van der Waals surface area contributed by atoms with Crippen LogP contribution in [0.4, 0.5) is 0 Å². The number of rotatable bonds is 8. The van der Waals surface area contributed by atoms with Crippen molar-refractivity contribution in [1.29, 1.82) is 0 Å². The summed E-state index contributed by atoms with van der Waals surface area (Å²) in [7, 11) is 0. The summed E-state index contributed by atoms with van der Waals surface area (Å²) in [5, 5.41) is 4.41. The number of nitrogens with zero attached hydrogens (tertiary/aromatic N) is 2. The minimum absolute atomic E-state index is 0.741. The molecule has 0 aliphatic heterocycles. The van der Waals surface area contributed by atoms with Gasteiger partial charge >= 0.3 is 0 Å². The topological polar surface area (TPSA) is 35.0 Å². The van der Waals surface area contributed by atoms with Gasteiger partial charge in [0.2, 0.25) is 0 Å². The van der Waals surface area contributed by atoms with E-state index in [1.54, 1.807) is 29.4 Å². The largest absolute Gasteiger partial charge is 0.494 e. The summed E-state index contributed by atoms with van der Waals surface area (Å²) in [6.45, 7) is 2.83. The molecular formula is C23H21BrN2OS2. The quantitative estimate of drug-likeness (QED) is 0.148.